The number of hydrazine groups is 1. The number of carbonyl (C=O) groups is 2. The van der Waals surface area contributed by atoms with Crippen molar-refractivity contribution >= 4 is 51.3 Å². The van der Waals surface area contributed by atoms with Gasteiger partial charge in [-0.2, -0.15) is 0 Å². The van der Waals surface area contributed by atoms with Gasteiger partial charge in [0, 0.05) is 21.5 Å². The van der Waals surface area contributed by atoms with Gasteiger partial charge in [-0.15, -0.1) is 23.5 Å². The molecule has 0 unspecified atom stereocenters. The highest BCUT2D eigenvalue weighted by molar-refractivity contribution is 9.10. The average molecular weight is 467 g/mol. The summed E-state index contributed by atoms with van der Waals surface area (Å²) < 4.78 is 6.87. The highest BCUT2D eigenvalue weighted by Crippen LogP contribution is 2.45. The predicted molar refractivity (Wildman–Crippen MR) is 114 cm³/mol. The molecule has 1 aliphatic rings. The van der Waals surface area contributed by atoms with Crippen LogP contribution in [-0.4, -0.2) is 29.4 Å². The van der Waals surface area contributed by atoms with Crippen LogP contribution >= 0.6 is 39.5 Å². The summed E-state index contributed by atoms with van der Waals surface area (Å²) in [7, 11) is 0. The fraction of sp³-hybridized carbons (Fsp3) is 0.263. The van der Waals surface area contributed by atoms with Crippen molar-refractivity contribution in [2.24, 2.45) is 0 Å². The van der Waals surface area contributed by atoms with Crippen molar-refractivity contribution in [1.29, 1.82) is 0 Å². The third-order valence-corrected chi connectivity index (χ3v) is 7.44. The van der Waals surface area contributed by atoms with E-state index in [4.69, 9.17) is 4.74 Å². The quantitative estimate of drug-likeness (QED) is 0.647. The zero-order valence-corrected chi connectivity index (χ0v) is 17.8. The van der Waals surface area contributed by atoms with Crippen LogP contribution in [0.3, 0.4) is 0 Å². The lowest BCUT2D eigenvalue weighted by atomic mass is 10.1. The van der Waals surface area contributed by atoms with Gasteiger partial charge in [-0.25, -0.2) is 0 Å². The maximum absolute atomic E-state index is 12.2. The van der Waals surface area contributed by atoms with Gasteiger partial charge in [0.1, 0.15) is 5.75 Å². The Morgan fingerprint density at radius 2 is 1.81 bits per heavy atom. The minimum absolute atomic E-state index is 0.365. The molecule has 8 heteroatoms. The first-order chi connectivity index (χ1) is 13.0. The van der Waals surface area contributed by atoms with E-state index < -0.39 is 12.0 Å². The monoisotopic (exact) mass is 466 g/mol. The van der Waals surface area contributed by atoms with Crippen molar-refractivity contribution in [3.63, 3.8) is 0 Å². The Balaban J connectivity index is 1.49. The molecule has 2 amide bonds. The maximum atomic E-state index is 12.2. The first-order valence-corrected chi connectivity index (χ1v) is 11.3. The minimum atomic E-state index is -0.751. The van der Waals surface area contributed by atoms with E-state index in [1.807, 2.05) is 47.8 Å². The topological polar surface area (TPSA) is 67.4 Å². The zero-order chi connectivity index (χ0) is 19.2. The van der Waals surface area contributed by atoms with Crippen LogP contribution in [-0.2, 0) is 4.79 Å². The molecule has 1 fully saturated rings. The second kappa shape index (κ2) is 9.52. The number of hydrogen-bond acceptors (Lipinski definition) is 5. The summed E-state index contributed by atoms with van der Waals surface area (Å²) in [6.45, 7) is 1.62. The van der Waals surface area contributed by atoms with Gasteiger partial charge in [0.05, 0.1) is 4.58 Å². The molecular formula is C19H19BrN2O3S2. The lowest BCUT2D eigenvalue weighted by molar-refractivity contribution is -0.128. The standard InChI is InChI=1S/C19H19BrN2O3S2/c1-12(25-16-4-2-3-15(20)11-16)17(23)21-22-18(24)13-5-7-14(8-6-13)19-26-9-10-27-19/h2-8,11-12,19H,9-10H2,1H3,(H,21,23)(H,22,24)/t12-/m1/s1. The predicted octanol–water partition coefficient (Wildman–Crippen LogP) is 4.16. The molecule has 1 atom stereocenters. The molecule has 3 rings (SSSR count). The second-order valence-electron chi connectivity index (χ2n) is 5.86. The van der Waals surface area contributed by atoms with Gasteiger partial charge in [0.15, 0.2) is 6.10 Å². The van der Waals surface area contributed by atoms with Crippen LogP contribution in [0.2, 0.25) is 0 Å². The molecule has 1 heterocycles. The van der Waals surface area contributed by atoms with Crippen LogP contribution in [0.4, 0.5) is 0 Å². The number of hydrogen-bond donors (Lipinski definition) is 2. The van der Waals surface area contributed by atoms with Crippen molar-refractivity contribution in [3.05, 3.63) is 64.1 Å². The molecule has 0 aliphatic carbocycles. The summed E-state index contributed by atoms with van der Waals surface area (Å²) in [5.74, 6) is 2.08. The van der Waals surface area contributed by atoms with E-state index in [0.717, 1.165) is 16.0 Å². The van der Waals surface area contributed by atoms with E-state index in [0.29, 0.717) is 15.9 Å². The summed E-state index contributed by atoms with van der Waals surface area (Å²) in [4.78, 5) is 24.4. The van der Waals surface area contributed by atoms with Gasteiger partial charge in [-0.05, 0) is 42.8 Å². The summed E-state index contributed by atoms with van der Waals surface area (Å²) in [6, 6.07) is 14.7. The number of carbonyl (C=O) groups excluding carboxylic acids is 2. The van der Waals surface area contributed by atoms with Crippen molar-refractivity contribution < 1.29 is 14.3 Å². The largest absolute Gasteiger partial charge is 0.481 e. The lowest BCUT2D eigenvalue weighted by Gasteiger charge is -2.15. The Bertz CT molecular complexity index is 811. The van der Waals surface area contributed by atoms with E-state index in [9.17, 15) is 9.59 Å². The molecule has 0 radical (unpaired) electrons. The van der Waals surface area contributed by atoms with Crippen LogP contribution in [0.15, 0.2) is 53.0 Å². The molecule has 5 nitrogen and oxygen atoms in total. The van der Waals surface area contributed by atoms with E-state index in [-0.39, 0.29) is 5.91 Å². The molecule has 2 aromatic carbocycles. The number of benzene rings is 2. The molecule has 0 saturated carbocycles. The minimum Gasteiger partial charge on any atom is -0.481 e. The molecule has 0 bridgehead atoms. The van der Waals surface area contributed by atoms with Gasteiger partial charge >= 0.3 is 0 Å². The van der Waals surface area contributed by atoms with Crippen LogP contribution in [0.1, 0.15) is 27.4 Å². The summed E-state index contributed by atoms with van der Waals surface area (Å²) in [6.07, 6.45) is -0.751. The third-order valence-electron chi connectivity index (χ3n) is 3.84. The molecule has 142 valence electrons. The Morgan fingerprint density at radius 1 is 1.11 bits per heavy atom. The second-order valence-corrected chi connectivity index (χ2v) is 9.50. The van der Waals surface area contributed by atoms with Gasteiger partial charge in [-0.1, -0.05) is 34.1 Å². The first-order valence-electron chi connectivity index (χ1n) is 8.38. The number of rotatable bonds is 5. The van der Waals surface area contributed by atoms with Gasteiger partial charge in [-0.3, -0.25) is 20.4 Å². The SMILES string of the molecule is C[C@@H](Oc1cccc(Br)c1)C(=O)NNC(=O)c1ccc(C2SCCS2)cc1. The molecule has 1 aliphatic heterocycles. The first kappa shape index (κ1) is 20.1. The van der Waals surface area contributed by atoms with Crippen molar-refractivity contribution in [2.75, 3.05) is 11.5 Å². The summed E-state index contributed by atoms with van der Waals surface area (Å²) in [5, 5.41) is 0. The number of halogens is 1. The third kappa shape index (κ3) is 5.67. The Hall–Kier alpha value is -1.64. The fourth-order valence-electron chi connectivity index (χ4n) is 2.43. The van der Waals surface area contributed by atoms with Crippen LogP contribution in [0.25, 0.3) is 0 Å². The fourth-order valence-corrected chi connectivity index (χ4v) is 5.67. The highest BCUT2D eigenvalue weighted by atomic mass is 79.9. The normalized spacial score (nSPS) is 15.2. The van der Waals surface area contributed by atoms with Crippen LogP contribution in [0, 0.1) is 0 Å². The molecule has 27 heavy (non-hydrogen) atoms. The Labute approximate surface area is 175 Å². The molecular weight excluding hydrogens is 448 g/mol. The summed E-state index contributed by atoms with van der Waals surface area (Å²) >= 11 is 7.19. The van der Waals surface area contributed by atoms with Crippen molar-refractivity contribution in [1.82, 2.24) is 10.9 Å². The lowest BCUT2D eigenvalue weighted by Crippen LogP contribution is -2.47. The molecule has 0 aromatic heterocycles. The van der Waals surface area contributed by atoms with E-state index in [1.54, 1.807) is 31.2 Å². The van der Waals surface area contributed by atoms with Crippen LogP contribution < -0.4 is 15.6 Å². The molecule has 0 spiro atoms. The van der Waals surface area contributed by atoms with E-state index in [2.05, 4.69) is 26.8 Å². The van der Waals surface area contributed by atoms with E-state index >= 15 is 0 Å². The van der Waals surface area contributed by atoms with Gasteiger partial charge in [0.2, 0.25) is 0 Å². The smallest absolute Gasteiger partial charge is 0.279 e. The molecule has 2 N–H and O–H groups in total. The molecule has 1 saturated heterocycles. The Morgan fingerprint density at radius 3 is 2.48 bits per heavy atom. The van der Waals surface area contributed by atoms with Gasteiger partial charge in [0.25, 0.3) is 11.8 Å². The number of nitrogens with one attached hydrogen (secondary N) is 2. The van der Waals surface area contributed by atoms with Crippen LogP contribution in [0.5, 0.6) is 5.75 Å². The molecule has 2 aromatic rings. The number of thioether (sulfide) groups is 2. The highest BCUT2D eigenvalue weighted by Gasteiger charge is 2.19. The van der Waals surface area contributed by atoms with Crippen molar-refractivity contribution in [2.45, 2.75) is 17.6 Å². The van der Waals surface area contributed by atoms with E-state index in [1.165, 1.54) is 5.56 Å². The van der Waals surface area contributed by atoms with Gasteiger partial charge < -0.3 is 4.74 Å². The summed E-state index contributed by atoms with van der Waals surface area (Å²) in [5.41, 5.74) is 6.53. The maximum Gasteiger partial charge on any atom is 0.279 e. The van der Waals surface area contributed by atoms with Crippen molar-refractivity contribution in [3.8, 4) is 5.75 Å². The number of ether oxygens (including phenoxy) is 1. The Kier molecular flexibility index (Phi) is 7.09. The average Bonchev–Trinajstić information content (AvgIpc) is 3.20. The number of amides is 2. The zero-order valence-electron chi connectivity index (χ0n) is 14.6.